The largest absolute Gasteiger partial charge is 0.467 e. The molecule has 8 nitrogen and oxygen atoms in total. The molecule has 0 bridgehead atoms. The topological polar surface area (TPSA) is 94.0 Å². The maximum atomic E-state index is 13.3. The summed E-state index contributed by atoms with van der Waals surface area (Å²) in [7, 11) is 0. The average molecular weight is 461 g/mol. The molecule has 1 saturated carbocycles. The van der Waals surface area contributed by atoms with Gasteiger partial charge in [-0.2, -0.15) is 5.10 Å². The first-order valence-corrected chi connectivity index (χ1v) is 11.7. The lowest BCUT2D eigenvalue weighted by atomic mass is 9.79. The summed E-state index contributed by atoms with van der Waals surface area (Å²) in [5, 5.41) is 9.03. The fourth-order valence-corrected chi connectivity index (χ4v) is 5.29. The second-order valence-electron chi connectivity index (χ2n) is 7.97. The van der Waals surface area contributed by atoms with Gasteiger partial charge in [0.1, 0.15) is 28.7 Å². The second kappa shape index (κ2) is 8.32. The summed E-state index contributed by atoms with van der Waals surface area (Å²) in [6.45, 7) is -0.181. The zero-order chi connectivity index (χ0) is 22.2. The number of amides is 1. The predicted molar refractivity (Wildman–Crippen MR) is 123 cm³/mol. The molecule has 5 heterocycles. The number of aromatic nitrogens is 2. The number of nitrogens with zero attached hydrogens (tertiary/aromatic N) is 4. The lowest BCUT2D eigenvalue weighted by molar-refractivity contribution is -0.136. The summed E-state index contributed by atoms with van der Waals surface area (Å²) >= 11 is 1.50. The average Bonchev–Trinajstić information content (AvgIpc) is 3.63. The van der Waals surface area contributed by atoms with Gasteiger partial charge in [0.05, 0.1) is 23.6 Å². The molecule has 166 valence electrons. The van der Waals surface area contributed by atoms with Crippen LogP contribution in [-0.4, -0.2) is 33.2 Å². The third-order valence-corrected chi connectivity index (χ3v) is 6.83. The van der Waals surface area contributed by atoms with Crippen molar-refractivity contribution in [3.8, 4) is 5.88 Å². The Kier molecular flexibility index (Phi) is 5.03. The molecule has 0 saturated heterocycles. The highest BCUT2D eigenvalue weighted by Gasteiger charge is 2.45. The van der Waals surface area contributed by atoms with E-state index in [0.29, 0.717) is 11.6 Å². The Morgan fingerprint density at radius 2 is 2.12 bits per heavy atom. The monoisotopic (exact) mass is 460 g/mol. The molecular weight excluding hydrogens is 440 g/mol. The van der Waals surface area contributed by atoms with Gasteiger partial charge in [-0.05, 0) is 66.6 Å². The molecule has 1 aliphatic heterocycles. The van der Waals surface area contributed by atoms with E-state index in [-0.39, 0.29) is 24.5 Å². The minimum atomic E-state index is -0.307. The van der Waals surface area contributed by atoms with Gasteiger partial charge in [-0.15, -0.1) is 11.3 Å². The van der Waals surface area contributed by atoms with Crippen molar-refractivity contribution in [1.82, 2.24) is 15.0 Å². The summed E-state index contributed by atoms with van der Waals surface area (Å²) in [4.78, 5) is 22.6. The number of allylic oxidation sites excluding steroid dienone is 1. The van der Waals surface area contributed by atoms with Gasteiger partial charge in [0.15, 0.2) is 6.61 Å². The summed E-state index contributed by atoms with van der Waals surface area (Å²) in [5.41, 5.74) is 2.00. The van der Waals surface area contributed by atoms with E-state index in [1.54, 1.807) is 12.5 Å². The zero-order valence-electron chi connectivity index (χ0n) is 17.6. The van der Waals surface area contributed by atoms with E-state index in [0.717, 1.165) is 46.5 Å². The predicted octanol–water partition coefficient (Wildman–Crippen LogP) is 5.08. The first-order valence-electron chi connectivity index (χ1n) is 10.8. The van der Waals surface area contributed by atoms with Crippen LogP contribution in [0.1, 0.15) is 36.8 Å². The van der Waals surface area contributed by atoms with Crippen LogP contribution in [0, 0.1) is 5.92 Å². The number of hydrogen-bond acceptors (Lipinski definition) is 8. The molecule has 6 rings (SSSR count). The number of hydrazone groups is 1. The summed E-state index contributed by atoms with van der Waals surface area (Å²) in [5.74, 6) is 1.69. The molecule has 4 aromatic heterocycles. The maximum absolute atomic E-state index is 13.3. The van der Waals surface area contributed by atoms with Crippen molar-refractivity contribution in [2.75, 3.05) is 6.61 Å². The quantitative estimate of drug-likeness (QED) is 0.412. The molecule has 0 N–H and O–H groups in total. The van der Waals surface area contributed by atoms with Crippen LogP contribution < -0.4 is 4.74 Å². The van der Waals surface area contributed by atoms with Crippen molar-refractivity contribution in [1.29, 1.82) is 0 Å². The summed E-state index contributed by atoms with van der Waals surface area (Å²) in [6.07, 6.45) is 9.55. The van der Waals surface area contributed by atoms with Gasteiger partial charge < -0.3 is 13.6 Å². The molecule has 33 heavy (non-hydrogen) atoms. The molecule has 1 aliphatic carbocycles. The normalized spacial score (nSPS) is 21.4. The number of hydrogen-bond donors (Lipinski definition) is 0. The third kappa shape index (κ3) is 3.64. The van der Waals surface area contributed by atoms with Gasteiger partial charge in [0.2, 0.25) is 5.88 Å². The molecule has 2 atom stereocenters. The van der Waals surface area contributed by atoms with Gasteiger partial charge in [-0.1, -0.05) is 0 Å². The smallest absolute Gasteiger partial charge is 0.281 e. The van der Waals surface area contributed by atoms with Crippen LogP contribution in [0.5, 0.6) is 5.88 Å². The molecule has 2 unspecified atom stereocenters. The standard InChI is InChI=1S/C24H20N4O4S/c29-20(13-32-23-18-8-11-33-24(18)26-14-25-23)28-22(19-7-3-10-31-19)17-6-1-4-15(21(17)27-28)12-16-5-2-9-30-16/h2-3,5,7-12,14,17,22H,1,4,6,13H2/b15-12+. The van der Waals surface area contributed by atoms with E-state index in [4.69, 9.17) is 18.7 Å². The second-order valence-corrected chi connectivity index (χ2v) is 8.87. The van der Waals surface area contributed by atoms with Gasteiger partial charge in [-0.3, -0.25) is 4.79 Å². The Balaban J connectivity index is 1.30. The zero-order valence-corrected chi connectivity index (χ0v) is 18.4. The van der Waals surface area contributed by atoms with E-state index in [1.165, 1.54) is 22.7 Å². The SMILES string of the molecule is O=C(COc1ncnc2sccc12)N1N=C2/C(=C/c3ccco3)CCCC2C1c1ccco1. The van der Waals surface area contributed by atoms with Crippen LogP contribution in [-0.2, 0) is 4.79 Å². The fourth-order valence-electron chi connectivity index (χ4n) is 4.57. The van der Waals surface area contributed by atoms with Gasteiger partial charge in [0, 0.05) is 5.92 Å². The van der Waals surface area contributed by atoms with Crippen molar-refractivity contribution in [2.24, 2.45) is 11.0 Å². The number of fused-ring (bicyclic) bond motifs is 2. The minimum absolute atomic E-state index is 0.0534. The van der Waals surface area contributed by atoms with Crippen molar-refractivity contribution in [2.45, 2.75) is 25.3 Å². The number of thiophene rings is 1. The molecule has 9 heteroatoms. The van der Waals surface area contributed by atoms with Crippen molar-refractivity contribution < 1.29 is 18.4 Å². The Hall–Kier alpha value is -3.72. The van der Waals surface area contributed by atoms with Crippen LogP contribution in [0.2, 0.25) is 0 Å². The molecule has 0 aromatic carbocycles. The molecule has 4 aromatic rings. The Labute approximate surface area is 193 Å². The Morgan fingerprint density at radius 3 is 2.97 bits per heavy atom. The molecule has 1 fully saturated rings. The van der Waals surface area contributed by atoms with Crippen molar-refractivity contribution >= 4 is 39.2 Å². The van der Waals surface area contributed by atoms with E-state index >= 15 is 0 Å². The first-order chi connectivity index (χ1) is 16.3. The lowest BCUT2D eigenvalue weighted by Crippen LogP contribution is -2.34. The van der Waals surface area contributed by atoms with Gasteiger partial charge in [-0.25, -0.2) is 15.0 Å². The third-order valence-electron chi connectivity index (χ3n) is 6.01. The molecule has 0 radical (unpaired) electrons. The van der Waals surface area contributed by atoms with Crippen molar-refractivity contribution in [3.05, 3.63) is 71.7 Å². The van der Waals surface area contributed by atoms with Crippen molar-refractivity contribution in [3.63, 3.8) is 0 Å². The Morgan fingerprint density at radius 1 is 1.21 bits per heavy atom. The highest BCUT2D eigenvalue weighted by atomic mass is 32.1. The van der Waals surface area contributed by atoms with Gasteiger partial charge in [0.25, 0.3) is 5.91 Å². The van der Waals surface area contributed by atoms with Gasteiger partial charge >= 0.3 is 0 Å². The highest BCUT2D eigenvalue weighted by molar-refractivity contribution is 7.16. The molecule has 1 amide bonds. The maximum Gasteiger partial charge on any atom is 0.281 e. The van der Waals surface area contributed by atoms with Crippen LogP contribution >= 0.6 is 11.3 Å². The molecular formula is C24H20N4O4S. The Bertz CT molecular complexity index is 1340. The number of rotatable bonds is 5. The fraction of sp³-hybridized carbons (Fsp3) is 0.250. The summed E-state index contributed by atoms with van der Waals surface area (Å²) in [6, 6.07) is 9.09. The minimum Gasteiger partial charge on any atom is -0.467 e. The number of carbonyl (C=O) groups excluding carboxylic acids is 1. The number of carbonyl (C=O) groups is 1. The van der Waals surface area contributed by atoms with E-state index < -0.39 is 0 Å². The van der Waals surface area contributed by atoms with E-state index in [2.05, 4.69) is 9.97 Å². The van der Waals surface area contributed by atoms with Crippen LogP contribution in [0.4, 0.5) is 0 Å². The molecule has 0 spiro atoms. The number of furan rings is 2. The molecule has 2 aliphatic rings. The van der Waals surface area contributed by atoms with E-state index in [1.807, 2.05) is 41.8 Å². The lowest BCUT2D eigenvalue weighted by Gasteiger charge is -2.27. The van der Waals surface area contributed by atoms with Crippen LogP contribution in [0.25, 0.3) is 16.3 Å². The van der Waals surface area contributed by atoms with E-state index in [9.17, 15) is 4.79 Å². The number of ether oxygens (including phenoxy) is 1. The summed E-state index contributed by atoms with van der Waals surface area (Å²) < 4.78 is 17.1. The first kappa shape index (κ1) is 19.9. The van der Waals surface area contributed by atoms with Crippen LogP contribution in [0.3, 0.4) is 0 Å². The van der Waals surface area contributed by atoms with Crippen LogP contribution in [0.15, 0.2) is 74.1 Å². The highest BCUT2D eigenvalue weighted by Crippen LogP contribution is 2.44.